The van der Waals surface area contributed by atoms with Crippen LogP contribution in [0.2, 0.25) is 0 Å². The quantitative estimate of drug-likeness (QED) is 0.468. The van der Waals surface area contributed by atoms with Gasteiger partial charge in [0.2, 0.25) is 5.82 Å². The molecule has 2 heterocycles. The summed E-state index contributed by atoms with van der Waals surface area (Å²) < 4.78 is 13.3. The number of anilines is 1. The molecule has 2 amide bonds. The molecule has 8 nitrogen and oxygen atoms in total. The van der Waals surface area contributed by atoms with Crippen molar-refractivity contribution in [1.82, 2.24) is 9.97 Å². The van der Waals surface area contributed by atoms with Crippen LogP contribution in [0.1, 0.15) is 21.0 Å². The summed E-state index contributed by atoms with van der Waals surface area (Å²) >= 11 is 0. The van der Waals surface area contributed by atoms with Gasteiger partial charge in [-0.15, -0.1) is 0 Å². The van der Waals surface area contributed by atoms with Crippen molar-refractivity contribution in [3.8, 4) is 0 Å². The molecular weight excluding hydrogens is 283 g/mol. The third-order valence-corrected chi connectivity index (χ3v) is 2.89. The van der Waals surface area contributed by atoms with E-state index in [9.17, 15) is 24.1 Å². The van der Waals surface area contributed by atoms with Crippen LogP contribution in [0.3, 0.4) is 0 Å². The molecule has 0 N–H and O–H groups in total. The number of hydrogen-bond donors (Lipinski definition) is 0. The van der Waals surface area contributed by atoms with Gasteiger partial charge in [0.25, 0.3) is 11.8 Å². The minimum absolute atomic E-state index is 0.113. The minimum Gasteiger partial charge on any atom is -0.266 e. The number of rotatable bonds is 2. The normalized spacial score (nSPS) is 13.5. The van der Waals surface area contributed by atoms with E-state index in [-0.39, 0.29) is 17.1 Å². The highest BCUT2D eigenvalue weighted by molar-refractivity contribution is 6.33. The van der Waals surface area contributed by atoms with Gasteiger partial charge in [-0.2, -0.15) is 4.39 Å². The second kappa shape index (κ2) is 4.40. The molecule has 3 rings (SSSR count). The van der Waals surface area contributed by atoms with Gasteiger partial charge in [-0.1, -0.05) is 0 Å². The largest absolute Gasteiger partial charge is 0.306 e. The summed E-state index contributed by atoms with van der Waals surface area (Å²) in [7, 11) is 0. The summed E-state index contributed by atoms with van der Waals surface area (Å²) in [6.07, 6.45) is 2.50. The molecule has 1 aliphatic rings. The van der Waals surface area contributed by atoms with E-state index in [2.05, 4.69) is 9.97 Å². The van der Waals surface area contributed by atoms with Crippen LogP contribution < -0.4 is 4.90 Å². The number of fused-ring (bicyclic) bond motifs is 1. The van der Waals surface area contributed by atoms with Gasteiger partial charge in [0.05, 0.1) is 10.6 Å². The zero-order valence-electron chi connectivity index (χ0n) is 10.2. The van der Waals surface area contributed by atoms with E-state index in [4.69, 9.17) is 0 Å². The Kier molecular flexibility index (Phi) is 2.68. The summed E-state index contributed by atoms with van der Waals surface area (Å²) in [4.78, 5) is 42.2. The first-order chi connectivity index (χ1) is 10.0. The maximum atomic E-state index is 13.3. The minimum atomic E-state index is -1.06. The van der Waals surface area contributed by atoms with Gasteiger partial charge in [-0.3, -0.25) is 19.7 Å². The number of imide groups is 1. The predicted octanol–water partition coefficient (Wildman–Crippen LogP) is 1.32. The topological polar surface area (TPSA) is 106 Å². The summed E-state index contributed by atoms with van der Waals surface area (Å²) in [5.41, 5.74) is -1.23. The van der Waals surface area contributed by atoms with Gasteiger partial charge >= 0.3 is 5.69 Å². The van der Waals surface area contributed by atoms with Crippen molar-refractivity contribution in [2.24, 2.45) is 0 Å². The molecule has 1 aliphatic heterocycles. The third-order valence-electron chi connectivity index (χ3n) is 2.89. The maximum Gasteiger partial charge on any atom is 0.306 e. The van der Waals surface area contributed by atoms with Gasteiger partial charge in [-0.25, -0.2) is 14.9 Å². The van der Waals surface area contributed by atoms with E-state index in [1.807, 2.05) is 0 Å². The van der Waals surface area contributed by atoms with Gasteiger partial charge in [0.15, 0.2) is 11.4 Å². The number of carbonyl (C=O) groups excluding carboxylic acids is 2. The Balaban J connectivity index is 2.11. The van der Waals surface area contributed by atoms with Crippen molar-refractivity contribution in [2.75, 3.05) is 4.90 Å². The molecule has 0 atom stereocenters. The monoisotopic (exact) mass is 288 g/mol. The van der Waals surface area contributed by atoms with Crippen molar-refractivity contribution in [3.05, 3.63) is 57.9 Å². The fourth-order valence-electron chi connectivity index (χ4n) is 1.97. The number of benzene rings is 1. The van der Waals surface area contributed by atoms with E-state index >= 15 is 0 Å². The number of nitro benzene ring substituents is 1. The lowest BCUT2D eigenvalue weighted by atomic mass is 10.2. The van der Waals surface area contributed by atoms with Crippen molar-refractivity contribution in [3.63, 3.8) is 0 Å². The lowest BCUT2D eigenvalue weighted by Gasteiger charge is -2.12. The van der Waals surface area contributed by atoms with Gasteiger partial charge in [0.1, 0.15) is 0 Å². The molecule has 0 spiro atoms. The zero-order chi connectivity index (χ0) is 15.1. The van der Waals surface area contributed by atoms with Crippen LogP contribution in [0.4, 0.5) is 15.8 Å². The number of halogens is 1. The average molecular weight is 288 g/mol. The molecule has 0 radical (unpaired) electrons. The van der Waals surface area contributed by atoms with E-state index in [1.54, 1.807) is 0 Å². The molecule has 0 unspecified atom stereocenters. The predicted molar refractivity (Wildman–Crippen MR) is 66.2 cm³/mol. The Bertz CT molecular complexity index is 773. The number of amides is 2. The van der Waals surface area contributed by atoms with E-state index < -0.39 is 28.2 Å². The Morgan fingerprint density at radius 1 is 1.10 bits per heavy atom. The molecule has 0 fully saturated rings. The van der Waals surface area contributed by atoms with Crippen LogP contribution in [-0.4, -0.2) is 26.7 Å². The lowest BCUT2D eigenvalue weighted by molar-refractivity contribution is -0.387. The molecular formula is C12H5FN4O4. The van der Waals surface area contributed by atoms with Crippen molar-refractivity contribution in [2.45, 2.75) is 0 Å². The van der Waals surface area contributed by atoms with Gasteiger partial charge in [0, 0.05) is 18.5 Å². The van der Waals surface area contributed by atoms with E-state index in [0.29, 0.717) is 4.90 Å². The average Bonchev–Trinajstić information content (AvgIpc) is 2.72. The molecule has 1 aromatic carbocycles. The Labute approximate surface area is 116 Å². The Hall–Kier alpha value is -3.23. The van der Waals surface area contributed by atoms with E-state index in [0.717, 1.165) is 18.2 Å². The highest BCUT2D eigenvalue weighted by Crippen LogP contribution is 2.29. The third kappa shape index (κ3) is 1.83. The number of carbonyl (C=O) groups is 2. The van der Waals surface area contributed by atoms with Crippen LogP contribution in [0.25, 0.3) is 0 Å². The van der Waals surface area contributed by atoms with Crippen LogP contribution in [0, 0.1) is 15.9 Å². The summed E-state index contributed by atoms with van der Waals surface area (Å²) in [5, 5.41) is 10.7. The zero-order valence-corrected chi connectivity index (χ0v) is 10.2. The lowest BCUT2D eigenvalue weighted by Crippen LogP contribution is -2.29. The van der Waals surface area contributed by atoms with Crippen LogP contribution in [-0.2, 0) is 0 Å². The fourth-order valence-corrected chi connectivity index (χ4v) is 1.97. The first-order valence-corrected chi connectivity index (χ1v) is 5.64. The first-order valence-electron chi connectivity index (χ1n) is 5.64. The van der Waals surface area contributed by atoms with Crippen molar-refractivity contribution < 1.29 is 18.9 Å². The maximum absolute atomic E-state index is 13.3. The Morgan fingerprint density at radius 2 is 1.67 bits per heavy atom. The number of aromatic nitrogens is 2. The number of hydrogen-bond acceptors (Lipinski definition) is 6. The summed E-state index contributed by atoms with van der Waals surface area (Å²) in [6, 6.07) is 2.74. The molecule has 21 heavy (non-hydrogen) atoms. The smallest absolute Gasteiger partial charge is 0.266 e. The van der Waals surface area contributed by atoms with E-state index in [1.165, 1.54) is 12.4 Å². The second-order valence-corrected chi connectivity index (χ2v) is 4.09. The van der Waals surface area contributed by atoms with Crippen LogP contribution in [0.15, 0.2) is 30.6 Å². The Morgan fingerprint density at radius 3 is 2.19 bits per heavy atom. The highest BCUT2D eigenvalue weighted by atomic mass is 19.1. The summed E-state index contributed by atoms with van der Waals surface area (Å²) in [6.45, 7) is 0. The summed E-state index contributed by atoms with van der Waals surface area (Å²) in [5.74, 6) is -2.58. The van der Waals surface area contributed by atoms with Crippen molar-refractivity contribution in [1.29, 1.82) is 0 Å². The van der Waals surface area contributed by atoms with Gasteiger partial charge < -0.3 is 0 Å². The molecule has 1 aromatic heterocycles. The molecule has 0 bridgehead atoms. The molecule has 9 heteroatoms. The molecule has 0 aliphatic carbocycles. The number of nitro groups is 1. The number of nitrogens with zero attached hydrogens (tertiary/aromatic N) is 4. The van der Waals surface area contributed by atoms with Crippen LogP contribution >= 0.6 is 0 Å². The molecule has 2 aromatic rings. The molecule has 104 valence electrons. The second-order valence-electron chi connectivity index (χ2n) is 4.09. The molecule has 0 saturated carbocycles. The highest BCUT2D eigenvalue weighted by Gasteiger charge is 2.39. The van der Waals surface area contributed by atoms with Crippen LogP contribution in [0.5, 0.6) is 0 Å². The van der Waals surface area contributed by atoms with Gasteiger partial charge in [-0.05, 0) is 12.1 Å². The fraction of sp³-hybridized carbons (Fsp3) is 0. The van der Waals surface area contributed by atoms with Crippen molar-refractivity contribution >= 4 is 23.2 Å². The SMILES string of the molecule is O=C1c2nccnc2C(=O)N1c1ccc(F)c([N+](=O)[O-])c1. The molecule has 0 saturated heterocycles. The first kappa shape index (κ1) is 12.8. The standard InChI is InChI=1S/C12H5FN4O4/c13-7-2-1-6(5-8(7)17(20)21)16-11(18)9-10(12(16)19)15-4-3-14-9/h1-5H.